The molecule has 0 bridgehead atoms. The van der Waals surface area contributed by atoms with Crippen molar-refractivity contribution < 1.29 is 33.3 Å². The molecule has 5 rings (SSSR count). The van der Waals surface area contributed by atoms with E-state index in [0.29, 0.717) is 28.6 Å². The van der Waals surface area contributed by atoms with Gasteiger partial charge in [-0.25, -0.2) is 0 Å². The largest absolute Gasteiger partial charge is 0.507 e. The number of hydrogen-bond donors (Lipinski definition) is 1. The van der Waals surface area contributed by atoms with E-state index in [1.807, 2.05) is 6.07 Å². The second-order valence-corrected chi connectivity index (χ2v) is 7.36. The number of ketones is 1. The maximum atomic E-state index is 13.1. The van der Waals surface area contributed by atoms with Gasteiger partial charge in [-0.15, -0.1) is 0 Å². The third-order valence-corrected chi connectivity index (χ3v) is 5.49. The van der Waals surface area contributed by atoms with E-state index in [0.717, 1.165) is 5.56 Å². The minimum Gasteiger partial charge on any atom is -0.507 e. The van der Waals surface area contributed by atoms with Gasteiger partial charge in [-0.1, -0.05) is 12.1 Å². The quantitative estimate of drug-likeness (QED) is 0.373. The Balaban J connectivity index is 1.59. The Kier molecular flexibility index (Phi) is 4.82. The Morgan fingerprint density at radius 1 is 1.09 bits per heavy atom. The number of Topliss-reactive ketones (excluding diaryl/α,β-unsaturated/α-hetero) is 1. The lowest BCUT2D eigenvalue weighted by molar-refractivity contribution is -0.140. The van der Waals surface area contributed by atoms with Crippen LogP contribution in [0.15, 0.2) is 70.9 Å². The SMILES string of the molecule is COc1cccc(CN2C(=O)C(=O)/C(=C(\O)c3ccc4c(c3)OCO4)C2c2ccco2)c1. The summed E-state index contributed by atoms with van der Waals surface area (Å²) in [6.07, 6.45) is 1.46. The zero-order valence-electron chi connectivity index (χ0n) is 17.1. The number of ether oxygens (including phenoxy) is 3. The van der Waals surface area contributed by atoms with Crippen LogP contribution in [-0.2, 0) is 16.1 Å². The minimum atomic E-state index is -0.887. The van der Waals surface area contributed by atoms with Crippen molar-refractivity contribution in [3.63, 3.8) is 0 Å². The standard InChI is InChI=1S/C24H19NO7/c1-29-16-5-2-4-14(10-16)12-25-21(18-6-3-9-30-18)20(23(27)24(25)28)22(26)15-7-8-17-19(11-15)32-13-31-17/h2-11,21,26H,12-13H2,1H3/b22-20-. The van der Waals surface area contributed by atoms with Crippen molar-refractivity contribution in [1.82, 2.24) is 4.90 Å². The topological polar surface area (TPSA) is 98.4 Å². The molecular formula is C24H19NO7. The summed E-state index contributed by atoms with van der Waals surface area (Å²) in [5, 5.41) is 11.1. The highest BCUT2D eigenvalue weighted by molar-refractivity contribution is 6.46. The molecule has 3 aromatic rings. The molecule has 1 atom stereocenters. The molecule has 0 aliphatic carbocycles. The summed E-state index contributed by atoms with van der Waals surface area (Å²) in [6, 6.07) is 14.5. The van der Waals surface area contributed by atoms with Crippen molar-refractivity contribution in [2.24, 2.45) is 0 Å². The molecular weight excluding hydrogens is 414 g/mol. The number of aliphatic hydroxyl groups excluding tert-OH is 1. The van der Waals surface area contributed by atoms with Crippen LogP contribution in [0.5, 0.6) is 17.2 Å². The van der Waals surface area contributed by atoms with Gasteiger partial charge in [0.25, 0.3) is 11.7 Å². The Labute approximate surface area is 183 Å². The zero-order chi connectivity index (χ0) is 22.2. The first-order chi connectivity index (χ1) is 15.6. The number of benzene rings is 2. The smallest absolute Gasteiger partial charge is 0.296 e. The van der Waals surface area contributed by atoms with Gasteiger partial charge < -0.3 is 28.6 Å². The summed E-state index contributed by atoms with van der Waals surface area (Å²) in [6.45, 7) is 0.210. The van der Waals surface area contributed by atoms with E-state index >= 15 is 0 Å². The Bertz CT molecular complexity index is 1230. The van der Waals surface area contributed by atoms with Crippen molar-refractivity contribution in [2.75, 3.05) is 13.9 Å². The van der Waals surface area contributed by atoms with Gasteiger partial charge in [-0.2, -0.15) is 0 Å². The third-order valence-electron chi connectivity index (χ3n) is 5.49. The van der Waals surface area contributed by atoms with E-state index in [-0.39, 0.29) is 24.7 Å². The van der Waals surface area contributed by atoms with Crippen LogP contribution < -0.4 is 14.2 Å². The average molecular weight is 433 g/mol. The van der Waals surface area contributed by atoms with Crippen molar-refractivity contribution in [3.05, 3.63) is 83.3 Å². The fraction of sp³-hybridized carbons (Fsp3) is 0.167. The number of rotatable bonds is 5. The highest BCUT2D eigenvalue weighted by Crippen LogP contribution is 2.42. The molecule has 8 nitrogen and oxygen atoms in total. The molecule has 1 N–H and O–H groups in total. The molecule has 1 unspecified atom stereocenters. The van der Waals surface area contributed by atoms with E-state index in [2.05, 4.69) is 0 Å². The van der Waals surface area contributed by atoms with Crippen LogP contribution >= 0.6 is 0 Å². The van der Waals surface area contributed by atoms with E-state index in [1.54, 1.807) is 55.6 Å². The Hall–Kier alpha value is -4.20. The lowest BCUT2D eigenvalue weighted by Crippen LogP contribution is -2.29. The number of hydrogen-bond acceptors (Lipinski definition) is 7. The first kappa shape index (κ1) is 19.7. The highest BCUT2D eigenvalue weighted by atomic mass is 16.7. The van der Waals surface area contributed by atoms with E-state index in [9.17, 15) is 14.7 Å². The summed E-state index contributed by atoms with van der Waals surface area (Å²) in [7, 11) is 1.56. The summed E-state index contributed by atoms with van der Waals surface area (Å²) in [5.74, 6) is 0.178. The monoisotopic (exact) mass is 433 g/mol. The lowest BCUT2D eigenvalue weighted by atomic mass is 9.99. The van der Waals surface area contributed by atoms with Gasteiger partial charge >= 0.3 is 0 Å². The van der Waals surface area contributed by atoms with Crippen molar-refractivity contribution in [1.29, 1.82) is 0 Å². The van der Waals surface area contributed by atoms with Crippen LogP contribution in [0.1, 0.15) is 22.9 Å². The number of furan rings is 1. The zero-order valence-corrected chi connectivity index (χ0v) is 17.1. The predicted molar refractivity (Wildman–Crippen MR) is 112 cm³/mol. The predicted octanol–water partition coefficient (Wildman–Crippen LogP) is 3.64. The maximum Gasteiger partial charge on any atom is 0.296 e. The van der Waals surface area contributed by atoms with E-state index in [1.165, 1.54) is 11.2 Å². The molecule has 1 saturated heterocycles. The molecule has 1 aromatic heterocycles. The van der Waals surface area contributed by atoms with E-state index < -0.39 is 17.7 Å². The Morgan fingerprint density at radius 2 is 1.94 bits per heavy atom. The molecule has 1 amide bonds. The number of fused-ring (bicyclic) bond motifs is 1. The minimum absolute atomic E-state index is 0.0493. The highest BCUT2D eigenvalue weighted by Gasteiger charge is 2.47. The van der Waals surface area contributed by atoms with Crippen LogP contribution in [0.4, 0.5) is 0 Å². The summed E-state index contributed by atoms with van der Waals surface area (Å²) in [4.78, 5) is 27.5. The molecule has 32 heavy (non-hydrogen) atoms. The van der Waals surface area contributed by atoms with Gasteiger partial charge in [-0.05, 0) is 48.0 Å². The van der Waals surface area contributed by atoms with Crippen LogP contribution in [0.3, 0.4) is 0 Å². The van der Waals surface area contributed by atoms with Crippen LogP contribution in [0, 0.1) is 0 Å². The molecule has 2 aliphatic heterocycles. The number of carbonyl (C=O) groups is 2. The molecule has 2 aliphatic rings. The average Bonchev–Trinajstić information content (AvgIpc) is 3.55. The van der Waals surface area contributed by atoms with Gasteiger partial charge in [0.05, 0.1) is 18.9 Å². The van der Waals surface area contributed by atoms with Crippen LogP contribution in [0.25, 0.3) is 5.76 Å². The van der Waals surface area contributed by atoms with E-state index in [4.69, 9.17) is 18.6 Å². The summed E-state index contributed by atoms with van der Waals surface area (Å²) >= 11 is 0. The number of amides is 1. The fourth-order valence-electron chi connectivity index (χ4n) is 3.95. The molecule has 0 radical (unpaired) electrons. The lowest BCUT2D eigenvalue weighted by Gasteiger charge is -2.23. The molecule has 162 valence electrons. The van der Waals surface area contributed by atoms with Gasteiger partial charge in [0.1, 0.15) is 23.3 Å². The van der Waals surface area contributed by atoms with Crippen molar-refractivity contribution >= 4 is 17.4 Å². The first-order valence-corrected chi connectivity index (χ1v) is 9.91. The van der Waals surface area contributed by atoms with Gasteiger partial charge in [0, 0.05) is 12.1 Å². The summed E-state index contributed by atoms with van der Waals surface area (Å²) in [5.41, 5.74) is 1.06. The number of aliphatic hydroxyl groups is 1. The number of likely N-dealkylation sites (tertiary alicyclic amines) is 1. The normalized spacial score (nSPS) is 18.9. The molecule has 2 aromatic carbocycles. The number of methoxy groups -OCH3 is 1. The molecule has 0 saturated carbocycles. The third kappa shape index (κ3) is 3.26. The number of carbonyl (C=O) groups excluding carboxylic acids is 2. The second kappa shape index (κ2) is 7.81. The van der Waals surface area contributed by atoms with Crippen molar-refractivity contribution in [2.45, 2.75) is 12.6 Å². The molecule has 3 heterocycles. The van der Waals surface area contributed by atoms with Crippen LogP contribution in [-0.4, -0.2) is 35.6 Å². The van der Waals surface area contributed by atoms with Crippen LogP contribution in [0.2, 0.25) is 0 Å². The van der Waals surface area contributed by atoms with Gasteiger partial charge in [0.2, 0.25) is 6.79 Å². The number of nitrogens with zero attached hydrogens (tertiary/aromatic N) is 1. The summed E-state index contributed by atoms with van der Waals surface area (Å²) < 4.78 is 21.5. The second-order valence-electron chi connectivity index (χ2n) is 7.36. The fourth-order valence-corrected chi connectivity index (χ4v) is 3.95. The molecule has 1 fully saturated rings. The first-order valence-electron chi connectivity index (χ1n) is 9.91. The maximum absolute atomic E-state index is 13.1. The molecule has 0 spiro atoms. The van der Waals surface area contributed by atoms with Gasteiger partial charge in [-0.3, -0.25) is 9.59 Å². The van der Waals surface area contributed by atoms with Gasteiger partial charge in [0.15, 0.2) is 11.5 Å². The molecule has 8 heteroatoms. The van der Waals surface area contributed by atoms with Crippen molar-refractivity contribution in [3.8, 4) is 17.2 Å². The Morgan fingerprint density at radius 3 is 2.72 bits per heavy atom.